The fraction of sp³-hybridized carbons (Fsp3) is 0.391. The lowest BCUT2D eigenvalue weighted by Crippen LogP contribution is -2.43. The summed E-state index contributed by atoms with van der Waals surface area (Å²) in [7, 11) is 0. The van der Waals surface area contributed by atoms with Gasteiger partial charge in [-0.2, -0.15) is 13.2 Å². The molecular formula is C23H25F3N2O3. The number of benzene rings is 2. The first kappa shape index (κ1) is 22.7. The number of carbonyl (C=O) groups excluding carboxylic acids is 2. The highest BCUT2D eigenvalue weighted by molar-refractivity contribution is 6.05. The summed E-state index contributed by atoms with van der Waals surface area (Å²) in [5.74, 6) is -0.0744. The van der Waals surface area contributed by atoms with E-state index < -0.39 is 23.1 Å². The van der Waals surface area contributed by atoms with Crippen LogP contribution in [0.3, 0.4) is 0 Å². The number of halogens is 3. The summed E-state index contributed by atoms with van der Waals surface area (Å²) >= 11 is 0. The molecule has 0 aliphatic carbocycles. The van der Waals surface area contributed by atoms with E-state index >= 15 is 0 Å². The average Bonchev–Trinajstić information content (AvgIpc) is 2.77. The number of fused-ring (bicyclic) bond motifs is 1. The van der Waals surface area contributed by atoms with Crippen LogP contribution in [0.1, 0.15) is 43.6 Å². The van der Waals surface area contributed by atoms with Gasteiger partial charge in [0.05, 0.1) is 16.7 Å². The molecule has 1 N–H and O–H groups in total. The highest BCUT2D eigenvalue weighted by Gasteiger charge is 2.38. The molecule has 0 unspecified atom stereocenters. The molecule has 1 heterocycles. The van der Waals surface area contributed by atoms with Gasteiger partial charge in [0, 0.05) is 17.8 Å². The standard InChI is InChI=1S/C23H25F3N2O3/c1-14(2)12-28-18-11-17(8-9-19(18)31-13-22(3,4)21(28)30)27-20(29)15-6-5-7-16(10-15)23(24,25)26/h5-11,14H,12-13H2,1-4H3,(H,27,29). The molecule has 5 nitrogen and oxygen atoms in total. The number of ether oxygens (including phenoxy) is 1. The quantitative estimate of drug-likeness (QED) is 0.704. The number of anilines is 2. The maximum atomic E-state index is 13.1. The number of rotatable bonds is 4. The van der Waals surface area contributed by atoms with Crippen molar-refractivity contribution in [2.75, 3.05) is 23.4 Å². The lowest BCUT2D eigenvalue weighted by Gasteiger charge is -2.29. The molecule has 0 radical (unpaired) electrons. The Kier molecular flexibility index (Phi) is 6.02. The Morgan fingerprint density at radius 3 is 2.55 bits per heavy atom. The second-order valence-electron chi connectivity index (χ2n) is 8.70. The molecule has 0 atom stereocenters. The van der Waals surface area contributed by atoms with Crippen molar-refractivity contribution < 1.29 is 27.5 Å². The molecule has 2 amide bonds. The van der Waals surface area contributed by atoms with Crippen LogP contribution in [-0.2, 0) is 11.0 Å². The molecule has 2 aromatic carbocycles. The summed E-state index contributed by atoms with van der Waals surface area (Å²) in [4.78, 5) is 27.3. The molecule has 0 saturated heterocycles. The Bertz CT molecular complexity index is 1000. The van der Waals surface area contributed by atoms with Gasteiger partial charge in [-0.15, -0.1) is 0 Å². The molecule has 0 aromatic heterocycles. The summed E-state index contributed by atoms with van der Waals surface area (Å²) in [6.07, 6.45) is -4.54. The summed E-state index contributed by atoms with van der Waals surface area (Å²) < 4.78 is 44.7. The van der Waals surface area contributed by atoms with Crippen LogP contribution < -0.4 is 15.0 Å². The van der Waals surface area contributed by atoms with Crippen molar-refractivity contribution >= 4 is 23.2 Å². The summed E-state index contributed by atoms with van der Waals surface area (Å²) in [6.45, 7) is 8.28. The molecule has 2 aromatic rings. The Hall–Kier alpha value is -3.03. The molecule has 1 aliphatic rings. The van der Waals surface area contributed by atoms with Crippen LogP contribution >= 0.6 is 0 Å². The number of alkyl halides is 3. The average molecular weight is 434 g/mol. The zero-order valence-corrected chi connectivity index (χ0v) is 17.8. The van der Waals surface area contributed by atoms with Crippen LogP contribution in [0.2, 0.25) is 0 Å². The first-order valence-corrected chi connectivity index (χ1v) is 9.96. The van der Waals surface area contributed by atoms with Crippen molar-refractivity contribution in [3.05, 3.63) is 53.6 Å². The first-order chi connectivity index (χ1) is 14.4. The highest BCUT2D eigenvalue weighted by atomic mass is 19.4. The summed E-state index contributed by atoms with van der Waals surface area (Å²) in [5, 5.41) is 2.62. The molecule has 1 aliphatic heterocycles. The molecule has 166 valence electrons. The maximum absolute atomic E-state index is 13.1. The molecule has 8 heteroatoms. The van der Waals surface area contributed by atoms with Crippen LogP contribution in [0, 0.1) is 11.3 Å². The van der Waals surface area contributed by atoms with E-state index in [0.717, 1.165) is 12.1 Å². The van der Waals surface area contributed by atoms with Gasteiger partial charge in [-0.25, -0.2) is 0 Å². The Labute approximate surface area is 179 Å². The predicted molar refractivity (Wildman–Crippen MR) is 112 cm³/mol. The van der Waals surface area contributed by atoms with Gasteiger partial charge in [0.25, 0.3) is 5.91 Å². The second kappa shape index (κ2) is 8.24. The van der Waals surface area contributed by atoms with E-state index in [2.05, 4.69) is 5.32 Å². The number of carbonyl (C=O) groups is 2. The summed E-state index contributed by atoms with van der Waals surface area (Å²) in [6, 6.07) is 9.08. The fourth-order valence-corrected chi connectivity index (χ4v) is 3.31. The van der Waals surface area contributed by atoms with Crippen molar-refractivity contribution in [2.45, 2.75) is 33.9 Å². The minimum atomic E-state index is -4.54. The van der Waals surface area contributed by atoms with Gasteiger partial charge in [0.2, 0.25) is 5.91 Å². The van der Waals surface area contributed by atoms with Crippen LogP contribution in [0.15, 0.2) is 42.5 Å². The van der Waals surface area contributed by atoms with E-state index in [-0.39, 0.29) is 24.0 Å². The zero-order chi connectivity index (χ0) is 23.0. The minimum absolute atomic E-state index is 0.0960. The van der Waals surface area contributed by atoms with Crippen molar-refractivity contribution in [1.29, 1.82) is 0 Å². The van der Waals surface area contributed by atoms with Crippen LogP contribution in [0.25, 0.3) is 0 Å². The third-order valence-electron chi connectivity index (χ3n) is 4.92. The van der Waals surface area contributed by atoms with Gasteiger partial charge in [0.15, 0.2) is 0 Å². The predicted octanol–water partition coefficient (Wildman–Crippen LogP) is 5.37. The van der Waals surface area contributed by atoms with Crippen molar-refractivity contribution in [3.8, 4) is 5.75 Å². The highest BCUT2D eigenvalue weighted by Crippen LogP contribution is 2.39. The van der Waals surface area contributed by atoms with Crippen LogP contribution in [-0.4, -0.2) is 25.0 Å². The van der Waals surface area contributed by atoms with Gasteiger partial charge in [-0.1, -0.05) is 19.9 Å². The van der Waals surface area contributed by atoms with Crippen molar-refractivity contribution in [2.24, 2.45) is 11.3 Å². The van der Waals surface area contributed by atoms with Crippen LogP contribution in [0.4, 0.5) is 24.5 Å². The monoisotopic (exact) mass is 434 g/mol. The largest absolute Gasteiger partial charge is 0.490 e. The van der Waals surface area contributed by atoms with Crippen molar-refractivity contribution in [1.82, 2.24) is 0 Å². The van der Waals surface area contributed by atoms with E-state index in [0.29, 0.717) is 23.7 Å². The third-order valence-corrected chi connectivity index (χ3v) is 4.92. The second-order valence-corrected chi connectivity index (χ2v) is 8.70. The van der Waals surface area contributed by atoms with Gasteiger partial charge in [-0.05, 0) is 56.2 Å². The number of hydrogen-bond donors (Lipinski definition) is 1. The van der Waals surface area contributed by atoms with Crippen LogP contribution in [0.5, 0.6) is 5.75 Å². The Morgan fingerprint density at radius 1 is 1.19 bits per heavy atom. The normalized spacial score (nSPS) is 15.9. The number of nitrogens with one attached hydrogen (secondary N) is 1. The van der Waals surface area contributed by atoms with Crippen molar-refractivity contribution in [3.63, 3.8) is 0 Å². The van der Waals surface area contributed by atoms with Gasteiger partial charge >= 0.3 is 6.18 Å². The molecule has 0 saturated carbocycles. The summed E-state index contributed by atoms with van der Waals surface area (Å²) in [5.41, 5.74) is -0.865. The number of hydrogen-bond acceptors (Lipinski definition) is 3. The lowest BCUT2D eigenvalue weighted by molar-refractivity contribution is -0.137. The molecule has 0 spiro atoms. The smallest absolute Gasteiger partial charge is 0.416 e. The number of amides is 2. The molecule has 31 heavy (non-hydrogen) atoms. The first-order valence-electron chi connectivity index (χ1n) is 9.96. The van der Waals surface area contributed by atoms with Gasteiger partial charge in [0.1, 0.15) is 12.4 Å². The Morgan fingerprint density at radius 2 is 1.90 bits per heavy atom. The van der Waals surface area contributed by atoms with E-state index in [1.807, 2.05) is 27.7 Å². The molecular weight excluding hydrogens is 409 g/mol. The Balaban J connectivity index is 1.92. The van der Waals surface area contributed by atoms with E-state index in [1.165, 1.54) is 12.1 Å². The SMILES string of the molecule is CC(C)CN1C(=O)C(C)(C)COc2ccc(NC(=O)c3cccc(C(F)(F)F)c3)cc21. The molecule has 0 bridgehead atoms. The van der Waals surface area contributed by atoms with E-state index in [4.69, 9.17) is 4.74 Å². The van der Waals surface area contributed by atoms with E-state index in [1.54, 1.807) is 23.1 Å². The number of nitrogens with zero attached hydrogens (tertiary/aromatic N) is 1. The minimum Gasteiger partial charge on any atom is -0.490 e. The molecule has 3 rings (SSSR count). The van der Waals surface area contributed by atoms with E-state index in [9.17, 15) is 22.8 Å². The maximum Gasteiger partial charge on any atom is 0.416 e. The third kappa shape index (κ3) is 5.00. The lowest BCUT2D eigenvalue weighted by atomic mass is 9.92. The molecule has 0 fully saturated rings. The van der Waals surface area contributed by atoms with Gasteiger partial charge < -0.3 is 15.0 Å². The van der Waals surface area contributed by atoms with Gasteiger partial charge in [-0.3, -0.25) is 9.59 Å². The zero-order valence-electron chi connectivity index (χ0n) is 17.8. The topological polar surface area (TPSA) is 58.6 Å². The fourth-order valence-electron chi connectivity index (χ4n) is 3.31.